The Bertz CT molecular complexity index is 695. The number of hydrogen-bond acceptors (Lipinski definition) is 2. The first-order chi connectivity index (χ1) is 11.1. The van der Waals surface area contributed by atoms with Crippen molar-refractivity contribution in [1.29, 1.82) is 0 Å². The topological polar surface area (TPSA) is 41.9 Å². The lowest BCUT2D eigenvalue weighted by molar-refractivity contribution is 0.634. The summed E-state index contributed by atoms with van der Waals surface area (Å²) in [5, 5.41) is 12.6. The van der Waals surface area contributed by atoms with Gasteiger partial charge in [-0.2, -0.15) is 5.10 Å². The molecule has 0 spiro atoms. The molecule has 0 aliphatic heterocycles. The van der Waals surface area contributed by atoms with E-state index in [2.05, 4.69) is 15.7 Å². The Morgan fingerprint density at radius 3 is 2.78 bits per heavy atom. The third kappa shape index (κ3) is 4.59. The SMILES string of the molecule is S=C(Nc1cnn(Cc2ccc(Cl)c(Cl)c2)c1)NC1CCCC1. The van der Waals surface area contributed by atoms with Crippen LogP contribution in [0.5, 0.6) is 0 Å². The summed E-state index contributed by atoms with van der Waals surface area (Å²) in [7, 11) is 0. The van der Waals surface area contributed by atoms with Crippen LogP contribution < -0.4 is 10.6 Å². The van der Waals surface area contributed by atoms with Crippen molar-refractivity contribution < 1.29 is 0 Å². The van der Waals surface area contributed by atoms with E-state index < -0.39 is 0 Å². The lowest BCUT2D eigenvalue weighted by Gasteiger charge is -2.14. The minimum absolute atomic E-state index is 0.501. The number of anilines is 1. The van der Waals surface area contributed by atoms with Gasteiger partial charge in [-0.3, -0.25) is 4.68 Å². The highest BCUT2D eigenvalue weighted by molar-refractivity contribution is 7.80. The van der Waals surface area contributed by atoms with Gasteiger partial charge in [0.15, 0.2) is 5.11 Å². The van der Waals surface area contributed by atoms with Gasteiger partial charge in [-0.1, -0.05) is 42.1 Å². The minimum Gasteiger partial charge on any atom is -0.360 e. The molecule has 3 rings (SSSR count). The highest BCUT2D eigenvalue weighted by Crippen LogP contribution is 2.23. The molecule has 1 heterocycles. The summed E-state index contributed by atoms with van der Waals surface area (Å²) in [5.74, 6) is 0. The predicted octanol–water partition coefficient (Wildman–Crippen LogP) is 4.47. The van der Waals surface area contributed by atoms with Gasteiger partial charge in [0.25, 0.3) is 0 Å². The average molecular weight is 369 g/mol. The van der Waals surface area contributed by atoms with Gasteiger partial charge in [0, 0.05) is 12.2 Å². The van der Waals surface area contributed by atoms with Gasteiger partial charge in [-0.05, 0) is 42.8 Å². The number of rotatable bonds is 4. The van der Waals surface area contributed by atoms with Gasteiger partial charge in [-0.15, -0.1) is 0 Å². The maximum atomic E-state index is 6.04. The summed E-state index contributed by atoms with van der Waals surface area (Å²) in [6, 6.07) is 6.09. The van der Waals surface area contributed by atoms with E-state index in [1.165, 1.54) is 25.7 Å². The van der Waals surface area contributed by atoms with E-state index in [1.54, 1.807) is 12.3 Å². The van der Waals surface area contributed by atoms with Crippen molar-refractivity contribution in [2.75, 3.05) is 5.32 Å². The van der Waals surface area contributed by atoms with Crippen molar-refractivity contribution in [3.8, 4) is 0 Å². The van der Waals surface area contributed by atoms with Crippen LogP contribution in [0.3, 0.4) is 0 Å². The Labute approximate surface area is 151 Å². The van der Waals surface area contributed by atoms with Crippen molar-refractivity contribution in [1.82, 2.24) is 15.1 Å². The molecule has 0 bridgehead atoms. The zero-order chi connectivity index (χ0) is 16.2. The fraction of sp³-hybridized carbons (Fsp3) is 0.375. The molecule has 1 aromatic carbocycles. The van der Waals surface area contributed by atoms with Gasteiger partial charge in [0.1, 0.15) is 0 Å². The maximum absolute atomic E-state index is 6.04. The molecule has 0 unspecified atom stereocenters. The smallest absolute Gasteiger partial charge is 0.171 e. The number of halogens is 2. The quantitative estimate of drug-likeness (QED) is 0.781. The van der Waals surface area contributed by atoms with E-state index in [4.69, 9.17) is 35.4 Å². The summed E-state index contributed by atoms with van der Waals surface area (Å²) < 4.78 is 1.83. The molecule has 7 heteroatoms. The average Bonchev–Trinajstić information content (AvgIpc) is 3.15. The summed E-state index contributed by atoms with van der Waals surface area (Å²) >= 11 is 17.3. The fourth-order valence-electron chi connectivity index (χ4n) is 2.76. The molecule has 0 amide bonds. The van der Waals surface area contributed by atoms with Crippen molar-refractivity contribution >= 4 is 46.2 Å². The zero-order valence-corrected chi connectivity index (χ0v) is 14.9. The monoisotopic (exact) mass is 368 g/mol. The van der Waals surface area contributed by atoms with Crippen LogP contribution in [-0.2, 0) is 6.54 Å². The summed E-state index contributed by atoms with van der Waals surface area (Å²) in [6.07, 6.45) is 8.63. The van der Waals surface area contributed by atoms with E-state index in [-0.39, 0.29) is 0 Å². The number of thiocarbonyl (C=S) groups is 1. The third-order valence-corrected chi connectivity index (χ3v) is 4.87. The normalized spacial score (nSPS) is 14.9. The molecule has 0 saturated heterocycles. The highest BCUT2D eigenvalue weighted by atomic mass is 35.5. The lowest BCUT2D eigenvalue weighted by atomic mass is 10.2. The molecule has 0 radical (unpaired) electrons. The Morgan fingerprint density at radius 2 is 2.04 bits per heavy atom. The molecule has 122 valence electrons. The largest absolute Gasteiger partial charge is 0.360 e. The van der Waals surface area contributed by atoms with Crippen LogP contribution in [0.1, 0.15) is 31.2 Å². The van der Waals surface area contributed by atoms with Crippen molar-refractivity contribution in [2.45, 2.75) is 38.3 Å². The molecule has 1 aliphatic rings. The number of benzene rings is 1. The fourth-order valence-corrected chi connectivity index (χ4v) is 3.37. The summed E-state index contributed by atoms with van der Waals surface area (Å²) in [6.45, 7) is 0.626. The Balaban J connectivity index is 1.56. The van der Waals surface area contributed by atoms with Gasteiger partial charge in [-0.25, -0.2) is 0 Å². The van der Waals surface area contributed by atoms with E-state index in [0.29, 0.717) is 27.7 Å². The lowest BCUT2D eigenvalue weighted by Crippen LogP contribution is -2.35. The summed E-state index contributed by atoms with van der Waals surface area (Å²) in [5.41, 5.74) is 1.92. The van der Waals surface area contributed by atoms with Crippen LogP contribution in [-0.4, -0.2) is 20.9 Å². The maximum Gasteiger partial charge on any atom is 0.171 e. The van der Waals surface area contributed by atoms with Crippen LogP contribution in [0.2, 0.25) is 10.0 Å². The van der Waals surface area contributed by atoms with E-state index >= 15 is 0 Å². The van der Waals surface area contributed by atoms with Gasteiger partial charge < -0.3 is 10.6 Å². The second-order valence-corrected chi connectivity index (χ2v) is 6.98. The van der Waals surface area contributed by atoms with Crippen molar-refractivity contribution in [2.24, 2.45) is 0 Å². The third-order valence-electron chi connectivity index (χ3n) is 3.91. The number of hydrogen-bond donors (Lipinski definition) is 2. The first kappa shape index (κ1) is 16.6. The van der Waals surface area contributed by atoms with Crippen LogP contribution in [0, 0.1) is 0 Å². The van der Waals surface area contributed by atoms with Crippen molar-refractivity contribution in [3.63, 3.8) is 0 Å². The Kier molecular flexibility index (Phi) is 5.41. The Morgan fingerprint density at radius 1 is 1.26 bits per heavy atom. The second kappa shape index (κ2) is 7.51. The Hall–Kier alpha value is -1.30. The standard InChI is InChI=1S/C16H18Cl2N4S/c17-14-6-5-11(7-15(14)18)9-22-10-13(8-19-22)21-16(23)20-12-3-1-2-4-12/h5-8,10,12H,1-4,9H2,(H2,20,21,23). The predicted molar refractivity (Wildman–Crippen MR) is 99.4 cm³/mol. The molecular formula is C16H18Cl2N4S. The molecule has 1 aromatic heterocycles. The molecule has 1 aliphatic carbocycles. The molecule has 4 nitrogen and oxygen atoms in total. The minimum atomic E-state index is 0.501. The van der Waals surface area contributed by atoms with Crippen LogP contribution in [0.4, 0.5) is 5.69 Å². The number of nitrogens with one attached hydrogen (secondary N) is 2. The van der Waals surface area contributed by atoms with Crippen LogP contribution in [0.25, 0.3) is 0 Å². The van der Waals surface area contributed by atoms with Crippen molar-refractivity contribution in [3.05, 3.63) is 46.2 Å². The molecule has 0 atom stereocenters. The number of nitrogens with zero attached hydrogens (tertiary/aromatic N) is 2. The first-order valence-electron chi connectivity index (χ1n) is 7.64. The molecule has 2 aromatic rings. The van der Waals surface area contributed by atoms with Crippen LogP contribution in [0.15, 0.2) is 30.6 Å². The molecule has 2 N–H and O–H groups in total. The molecular weight excluding hydrogens is 351 g/mol. The number of aromatic nitrogens is 2. The van der Waals surface area contributed by atoms with Gasteiger partial charge >= 0.3 is 0 Å². The molecule has 1 saturated carbocycles. The zero-order valence-electron chi connectivity index (χ0n) is 12.6. The van der Waals surface area contributed by atoms with E-state index in [9.17, 15) is 0 Å². The molecule has 23 heavy (non-hydrogen) atoms. The van der Waals surface area contributed by atoms with Gasteiger partial charge in [0.2, 0.25) is 0 Å². The first-order valence-corrected chi connectivity index (χ1v) is 8.80. The van der Waals surface area contributed by atoms with E-state index in [0.717, 1.165) is 11.3 Å². The molecule has 1 fully saturated rings. The van der Waals surface area contributed by atoms with Gasteiger partial charge in [0.05, 0.1) is 28.5 Å². The summed E-state index contributed by atoms with van der Waals surface area (Å²) in [4.78, 5) is 0. The second-order valence-electron chi connectivity index (χ2n) is 5.75. The van der Waals surface area contributed by atoms with Crippen LogP contribution >= 0.6 is 35.4 Å². The van der Waals surface area contributed by atoms with E-state index in [1.807, 2.05) is 23.0 Å². The highest BCUT2D eigenvalue weighted by Gasteiger charge is 2.15.